The second kappa shape index (κ2) is 4.97. The van der Waals surface area contributed by atoms with E-state index in [0.29, 0.717) is 5.75 Å². The molecule has 0 aliphatic rings. The molecule has 0 unspecified atom stereocenters. The zero-order chi connectivity index (χ0) is 9.68. The third kappa shape index (κ3) is 3.55. The van der Waals surface area contributed by atoms with Gasteiger partial charge in [-0.05, 0) is 12.1 Å². The molecule has 4 heteroatoms. The van der Waals surface area contributed by atoms with Crippen LogP contribution in [0.3, 0.4) is 0 Å². The molecule has 0 aliphatic heterocycles. The molecule has 13 heavy (non-hydrogen) atoms. The first kappa shape index (κ1) is 10.2. The lowest BCUT2D eigenvalue weighted by Gasteiger charge is -1.94. The summed E-state index contributed by atoms with van der Waals surface area (Å²) < 4.78 is 5.40. The molecule has 0 amide bonds. The maximum atomic E-state index is 10.2. The number of furan rings is 1. The Labute approximate surface area is 81.1 Å². The highest BCUT2D eigenvalue weighted by molar-refractivity contribution is 7.99. The van der Waals surface area contributed by atoms with E-state index in [1.165, 1.54) is 11.8 Å². The number of carboxylic acid groups (broad SMARTS) is 1. The Morgan fingerprint density at radius 1 is 1.54 bits per heavy atom. The number of aliphatic carboxylic acids is 1. The van der Waals surface area contributed by atoms with Crippen molar-refractivity contribution in [1.29, 1.82) is 0 Å². The monoisotopic (exact) mass is 200 g/mol. The van der Waals surface area contributed by atoms with Gasteiger partial charge >= 0.3 is 5.97 Å². The van der Waals surface area contributed by atoms with Crippen molar-refractivity contribution in [2.24, 2.45) is 0 Å². The Balaban J connectivity index is 2.32. The van der Waals surface area contributed by atoms with Gasteiger partial charge < -0.3 is 9.52 Å². The van der Waals surface area contributed by atoms with Crippen LogP contribution in [0.5, 0.6) is 0 Å². The molecule has 0 aliphatic carbocycles. The number of hydrogen-bond acceptors (Lipinski definition) is 3. The van der Waals surface area contributed by atoms with E-state index >= 15 is 0 Å². The van der Waals surface area contributed by atoms with Crippen molar-refractivity contribution in [3.63, 3.8) is 0 Å². The number of hydrogen-bond donors (Lipinski definition) is 1. The Morgan fingerprint density at radius 3 is 2.77 bits per heavy atom. The van der Waals surface area contributed by atoms with Gasteiger partial charge in [0, 0.05) is 6.42 Å². The molecule has 0 spiro atoms. The van der Waals surface area contributed by atoms with E-state index in [2.05, 4.69) is 0 Å². The first-order valence-electron chi connectivity index (χ1n) is 4.09. The first-order valence-corrected chi connectivity index (χ1v) is 5.25. The quantitative estimate of drug-likeness (QED) is 0.791. The molecule has 1 aromatic rings. The molecule has 72 valence electrons. The zero-order valence-electron chi connectivity index (χ0n) is 7.45. The summed E-state index contributed by atoms with van der Waals surface area (Å²) in [6, 6.07) is 3.82. The van der Waals surface area contributed by atoms with Gasteiger partial charge in [-0.1, -0.05) is 6.92 Å². The fourth-order valence-corrected chi connectivity index (χ4v) is 1.56. The summed E-state index contributed by atoms with van der Waals surface area (Å²) in [5.41, 5.74) is 0. The highest BCUT2D eigenvalue weighted by atomic mass is 32.2. The van der Waals surface area contributed by atoms with Crippen LogP contribution in [0.1, 0.15) is 18.4 Å². The summed E-state index contributed by atoms with van der Waals surface area (Å²) in [5.74, 6) is 1.77. The van der Waals surface area contributed by atoms with Gasteiger partial charge in [0.15, 0.2) is 0 Å². The molecular formula is C9H12O3S. The number of carboxylic acids is 1. The van der Waals surface area contributed by atoms with Crippen molar-refractivity contribution >= 4 is 17.7 Å². The Bertz CT molecular complexity index is 280. The molecule has 1 heterocycles. The molecule has 0 atom stereocenters. The average Bonchev–Trinajstić information content (AvgIpc) is 2.52. The van der Waals surface area contributed by atoms with E-state index < -0.39 is 5.97 Å². The van der Waals surface area contributed by atoms with E-state index in [-0.39, 0.29) is 5.75 Å². The van der Waals surface area contributed by atoms with Crippen LogP contribution < -0.4 is 0 Å². The molecule has 0 radical (unpaired) electrons. The standard InChI is InChI=1S/C9H12O3S/c1-2-7-3-4-8(12-7)5-13-6-9(10)11/h3-4H,2,5-6H2,1H3,(H,10,11). The lowest BCUT2D eigenvalue weighted by atomic mass is 10.4. The van der Waals surface area contributed by atoms with Crippen LogP contribution in [0.25, 0.3) is 0 Å². The van der Waals surface area contributed by atoms with Crippen molar-refractivity contribution in [2.75, 3.05) is 5.75 Å². The Hall–Kier alpha value is -0.900. The smallest absolute Gasteiger partial charge is 0.313 e. The number of aryl methyl sites for hydroxylation is 1. The second-order valence-electron chi connectivity index (χ2n) is 2.61. The van der Waals surface area contributed by atoms with Crippen molar-refractivity contribution in [1.82, 2.24) is 0 Å². The predicted molar refractivity (Wildman–Crippen MR) is 51.9 cm³/mol. The SMILES string of the molecule is CCc1ccc(CSCC(=O)O)o1. The fraction of sp³-hybridized carbons (Fsp3) is 0.444. The maximum Gasteiger partial charge on any atom is 0.313 e. The van der Waals surface area contributed by atoms with Gasteiger partial charge in [-0.3, -0.25) is 4.79 Å². The van der Waals surface area contributed by atoms with Crippen molar-refractivity contribution in [3.8, 4) is 0 Å². The molecule has 1 N–H and O–H groups in total. The number of rotatable bonds is 5. The summed E-state index contributed by atoms with van der Waals surface area (Å²) in [4.78, 5) is 10.2. The highest BCUT2D eigenvalue weighted by Gasteiger charge is 2.02. The summed E-state index contributed by atoms with van der Waals surface area (Å²) in [5, 5.41) is 8.39. The minimum Gasteiger partial charge on any atom is -0.481 e. The second-order valence-corrected chi connectivity index (χ2v) is 3.59. The molecule has 1 aromatic heterocycles. The van der Waals surface area contributed by atoms with E-state index in [9.17, 15) is 4.79 Å². The summed E-state index contributed by atoms with van der Waals surface area (Å²) in [7, 11) is 0. The number of thioether (sulfide) groups is 1. The molecule has 0 bridgehead atoms. The van der Waals surface area contributed by atoms with Gasteiger partial charge in [-0.25, -0.2) is 0 Å². The van der Waals surface area contributed by atoms with Crippen molar-refractivity contribution < 1.29 is 14.3 Å². The summed E-state index contributed by atoms with van der Waals surface area (Å²) in [6.07, 6.45) is 0.879. The molecule has 0 saturated carbocycles. The van der Waals surface area contributed by atoms with Crippen LogP contribution in [-0.4, -0.2) is 16.8 Å². The van der Waals surface area contributed by atoms with Crippen LogP contribution in [0.2, 0.25) is 0 Å². The normalized spacial score (nSPS) is 10.2. The van der Waals surface area contributed by atoms with Gasteiger partial charge in [0.05, 0.1) is 11.5 Å². The first-order chi connectivity index (χ1) is 6.22. The zero-order valence-corrected chi connectivity index (χ0v) is 8.26. The average molecular weight is 200 g/mol. The van der Waals surface area contributed by atoms with Crippen LogP contribution >= 0.6 is 11.8 Å². The van der Waals surface area contributed by atoms with Crippen LogP contribution in [0.4, 0.5) is 0 Å². The Kier molecular flexibility index (Phi) is 3.89. The van der Waals surface area contributed by atoms with E-state index in [4.69, 9.17) is 9.52 Å². The van der Waals surface area contributed by atoms with Gasteiger partial charge in [0.2, 0.25) is 0 Å². The third-order valence-electron chi connectivity index (χ3n) is 1.54. The molecular weight excluding hydrogens is 188 g/mol. The highest BCUT2D eigenvalue weighted by Crippen LogP contribution is 2.15. The van der Waals surface area contributed by atoms with Gasteiger partial charge in [0.1, 0.15) is 11.5 Å². The number of carbonyl (C=O) groups is 1. The lowest BCUT2D eigenvalue weighted by molar-refractivity contribution is -0.133. The molecule has 1 rings (SSSR count). The van der Waals surface area contributed by atoms with E-state index in [1.54, 1.807) is 0 Å². The maximum absolute atomic E-state index is 10.2. The van der Waals surface area contributed by atoms with Gasteiger partial charge in [-0.2, -0.15) is 0 Å². The minimum atomic E-state index is -0.785. The molecule has 3 nitrogen and oxygen atoms in total. The fourth-order valence-electron chi connectivity index (χ4n) is 0.929. The third-order valence-corrected chi connectivity index (χ3v) is 2.48. The van der Waals surface area contributed by atoms with Gasteiger partial charge in [0.25, 0.3) is 0 Å². The van der Waals surface area contributed by atoms with E-state index in [0.717, 1.165) is 17.9 Å². The van der Waals surface area contributed by atoms with Crippen molar-refractivity contribution in [3.05, 3.63) is 23.7 Å². The van der Waals surface area contributed by atoms with Gasteiger partial charge in [-0.15, -0.1) is 11.8 Å². The van der Waals surface area contributed by atoms with Crippen molar-refractivity contribution in [2.45, 2.75) is 19.1 Å². The summed E-state index contributed by atoms with van der Waals surface area (Å²) >= 11 is 1.34. The summed E-state index contributed by atoms with van der Waals surface area (Å²) in [6.45, 7) is 2.02. The molecule has 0 saturated heterocycles. The topological polar surface area (TPSA) is 50.4 Å². The lowest BCUT2D eigenvalue weighted by Crippen LogP contribution is -1.97. The molecule has 0 fully saturated rings. The van der Waals surface area contributed by atoms with Crippen LogP contribution in [-0.2, 0) is 17.0 Å². The minimum absolute atomic E-state index is 0.127. The molecule has 0 aromatic carbocycles. The van der Waals surface area contributed by atoms with E-state index in [1.807, 2.05) is 19.1 Å². The predicted octanol–water partition coefficient (Wildman–Crippen LogP) is 2.16. The van der Waals surface area contributed by atoms with Crippen LogP contribution in [0, 0.1) is 0 Å². The van der Waals surface area contributed by atoms with Crippen LogP contribution in [0.15, 0.2) is 16.5 Å². The largest absolute Gasteiger partial charge is 0.481 e. The Morgan fingerprint density at radius 2 is 2.23 bits per heavy atom.